The zero-order valence-corrected chi connectivity index (χ0v) is 16.7. The average Bonchev–Trinajstić information content (AvgIpc) is 2.67. The second-order valence-corrected chi connectivity index (χ2v) is 8.61. The fraction of sp³-hybridized carbons (Fsp3) is 0.350. The number of ether oxygens (including phenoxy) is 1. The van der Waals surface area contributed by atoms with E-state index >= 15 is 0 Å². The number of phenols is 1. The highest BCUT2D eigenvalue weighted by molar-refractivity contribution is 7.92. The van der Waals surface area contributed by atoms with Gasteiger partial charge in [0.15, 0.2) is 0 Å². The van der Waals surface area contributed by atoms with Crippen LogP contribution in [0.3, 0.4) is 0 Å². The third-order valence-electron chi connectivity index (χ3n) is 4.99. The van der Waals surface area contributed by atoms with Gasteiger partial charge < -0.3 is 9.84 Å². The minimum Gasteiger partial charge on any atom is -0.507 e. The number of fused-ring (bicyclic) bond motifs is 1. The maximum atomic E-state index is 14.9. The molecule has 3 rings (SSSR count). The maximum absolute atomic E-state index is 14.9. The van der Waals surface area contributed by atoms with E-state index in [0.717, 1.165) is 29.1 Å². The predicted molar refractivity (Wildman–Crippen MR) is 103 cm³/mol. The lowest BCUT2D eigenvalue weighted by atomic mass is 9.96. The van der Waals surface area contributed by atoms with Crippen LogP contribution in [0.2, 0.25) is 0 Å². The molecule has 0 fully saturated rings. The van der Waals surface area contributed by atoms with Gasteiger partial charge in [-0.1, -0.05) is 13.0 Å². The van der Waals surface area contributed by atoms with Crippen LogP contribution in [0.1, 0.15) is 41.8 Å². The molecular weight excluding hydrogens is 385 g/mol. The van der Waals surface area contributed by atoms with E-state index in [1.165, 1.54) is 12.1 Å². The van der Waals surface area contributed by atoms with Crippen LogP contribution in [0.4, 0.5) is 10.1 Å². The van der Waals surface area contributed by atoms with Crippen molar-refractivity contribution in [3.63, 3.8) is 0 Å². The molecule has 1 aliphatic heterocycles. The maximum Gasteiger partial charge on any atom is 0.341 e. The summed E-state index contributed by atoms with van der Waals surface area (Å²) in [5.74, 6) is -1.84. The van der Waals surface area contributed by atoms with Crippen molar-refractivity contribution in [1.82, 2.24) is 0 Å². The van der Waals surface area contributed by atoms with Crippen molar-refractivity contribution in [1.29, 1.82) is 0 Å². The first-order valence-electron chi connectivity index (χ1n) is 8.97. The van der Waals surface area contributed by atoms with Gasteiger partial charge in [0, 0.05) is 6.04 Å². The molecule has 2 aromatic carbocycles. The summed E-state index contributed by atoms with van der Waals surface area (Å²) in [6.07, 6.45) is 1.77. The predicted octanol–water partition coefficient (Wildman–Crippen LogP) is 3.41. The first kappa shape index (κ1) is 20.1. The fourth-order valence-electron chi connectivity index (χ4n) is 3.48. The van der Waals surface area contributed by atoms with Crippen LogP contribution in [0.5, 0.6) is 5.75 Å². The monoisotopic (exact) mass is 407 g/mol. The molecule has 1 heterocycles. The molecule has 0 spiro atoms. The number of hydrogen-bond donors (Lipinski definition) is 1. The molecule has 0 saturated heterocycles. The van der Waals surface area contributed by atoms with E-state index in [-0.39, 0.29) is 16.1 Å². The summed E-state index contributed by atoms with van der Waals surface area (Å²) in [5, 5.41) is 9.85. The molecule has 0 saturated carbocycles. The fourth-order valence-corrected chi connectivity index (χ4v) is 5.24. The van der Waals surface area contributed by atoms with Crippen molar-refractivity contribution in [3.8, 4) is 5.75 Å². The topological polar surface area (TPSA) is 83.9 Å². The third kappa shape index (κ3) is 3.32. The van der Waals surface area contributed by atoms with Crippen LogP contribution in [0.15, 0.2) is 35.2 Å². The summed E-state index contributed by atoms with van der Waals surface area (Å²) >= 11 is 0. The number of sulfonamides is 1. The third-order valence-corrected chi connectivity index (χ3v) is 6.90. The summed E-state index contributed by atoms with van der Waals surface area (Å²) in [4.78, 5) is 11.6. The lowest BCUT2D eigenvalue weighted by molar-refractivity contribution is 0.0597. The van der Waals surface area contributed by atoms with Gasteiger partial charge in [-0.2, -0.15) is 0 Å². The lowest BCUT2D eigenvalue weighted by Gasteiger charge is -2.36. The number of hydrogen-bond acceptors (Lipinski definition) is 5. The first-order chi connectivity index (χ1) is 13.2. The summed E-state index contributed by atoms with van der Waals surface area (Å²) in [6.45, 7) is 3.63. The number of nitrogens with zero attached hydrogens (tertiary/aromatic N) is 1. The van der Waals surface area contributed by atoms with Crippen LogP contribution in [-0.2, 0) is 27.6 Å². The van der Waals surface area contributed by atoms with Crippen molar-refractivity contribution >= 4 is 21.7 Å². The van der Waals surface area contributed by atoms with Crippen LogP contribution in [0.25, 0.3) is 0 Å². The Kier molecular flexibility index (Phi) is 5.34. The first-order valence-corrected chi connectivity index (χ1v) is 10.4. The molecule has 28 heavy (non-hydrogen) atoms. The van der Waals surface area contributed by atoms with Gasteiger partial charge in [0.1, 0.15) is 17.1 Å². The minimum atomic E-state index is -4.17. The number of aromatic hydroxyl groups is 1. The Morgan fingerprint density at radius 1 is 1.32 bits per heavy atom. The number of anilines is 1. The summed E-state index contributed by atoms with van der Waals surface area (Å²) < 4.78 is 47.3. The molecule has 2 aromatic rings. The molecule has 0 bridgehead atoms. The highest BCUT2D eigenvalue weighted by Crippen LogP contribution is 2.38. The smallest absolute Gasteiger partial charge is 0.341 e. The molecule has 1 N–H and O–H groups in total. The second kappa shape index (κ2) is 7.43. The van der Waals surface area contributed by atoms with E-state index < -0.39 is 33.6 Å². The van der Waals surface area contributed by atoms with Crippen LogP contribution in [-0.4, -0.2) is 32.6 Å². The van der Waals surface area contributed by atoms with Crippen molar-refractivity contribution in [3.05, 3.63) is 52.8 Å². The van der Waals surface area contributed by atoms with E-state index in [2.05, 4.69) is 4.74 Å². The molecule has 150 valence electrons. The number of aryl methyl sites for hydroxylation is 2. The largest absolute Gasteiger partial charge is 0.507 e. The second-order valence-electron chi connectivity index (χ2n) is 6.80. The van der Waals surface area contributed by atoms with Gasteiger partial charge in [-0.05, 0) is 61.6 Å². The van der Waals surface area contributed by atoms with Gasteiger partial charge in [-0.25, -0.2) is 17.6 Å². The number of esters is 1. The number of halogens is 1. The van der Waals surface area contributed by atoms with Crippen molar-refractivity contribution in [2.75, 3.05) is 11.4 Å². The Morgan fingerprint density at radius 2 is 2.04 bits per heavy atom. The van der Waals surface area contributed by atoms with Gasteiger partial charge in [0.05, 0.1) is 17.7 Å². The summed E-state index contributed by atoms with van der Waals surface area (Å²) in [7, 11) is -3.04. The molecule has 0 unspecified atom stereocenters. The van der Waals surface area contributed by atoms with Gasteiger partial charge in [0.25, 0.3) is 10.0 Å². The minimum absolute atomic E-state index is 0.0450. The Morgan fingerprint density at radius 3 is 2.68 bits per heavy atom. The zero-order chi connectivity index (χ0) is 20.6. The van der Waals surface area contributed by atoms with Crippen LogP contribution in [0, 0.1) is 5.82 Å². The molecule has 8 heteroatoms. The molecular formula is C20H22FNO5S. The zero-order valence-electron chi connectivity index (χ0n) is 15.9. The van der Waals surface area contributed by atoms with Crippen molar-refractivity contribution in [2.24, 2.45) is 0 Å². The summed E-state index contributed by atoms with van der Waals surface area (Å²) in [6, 6.07) is 6.09. The SMILES string of the molecule is CCc1cc(F)c2c(c1)CC[C@H](C)N2S(=O)(=O)c1ccc(O)c(C(=O)OC)c1. The highest BCUT2D eigenvalue weighted by atomic mass is 32.2. The molecule has 0 radical (unpaired) electrons. The highest BCUT2D eigenvalue weighted by Gasteiger charge is 2.36. The van der Waals surface area contributed by atoms with Crippen LogP contribution < -0.4 is 4.31 Å². The molecule has 1 aliphatic rings. The number of rotatable bonds is 4. The standard InChI is InChI=1S/C20H22FNO5S/c1-4-13-9-14-6-5-12(2)22(19(14)17(21)10-13)28(25,26)15-7-8-18(23)16(11-15)20(24)27-3/h7-12,23H,4-6H2,1-3H3/t12-/m0/s1. The average molecular weight is 407 g/mol. The van der Waals surface area contributed by atoms with E-state index in [0.29, 0.717) is 24.8 Å². The van der Waals surface area contributed by atoms with Gasteiger partial charge in [-0.15, -0.1) is 0 Å². The Labute approximate surface area is 163 Å². The normalized spacial score (nSPS) is 16.6. The Balaban J connectivity index is 2.17. The molecule has 1 atom stereocenters. The molecule has 0 amide bonds. The molecule has 0 aliphatic carbocycles. The Bertz CT molecular complexity index is 1040. The van der Waals surface area contributed by atoms with E-state index in [9.17, 15) is 22.7 Å². The van der Waals surface area contributed by atoms with Gasteiger partial charge in [0.2, 0.25) is 0 Å². The number of phenolic OH excluding ortho intramolecular Hbond substituents is 1. The molecule has 0 aromatic heterocycles. The molecule has 6 nitrogen and oxygen atoms in total. The van der Waals surface area contributed by atoms with Crippen molar-refractivity contribution in [2.45, 2.75) is 44.0 Å². The van der Waals surface area contributed by atoms with Crippen molar-refractivity contribution < 1.29 is 27.4 Å². The number of benzene rings is 2. The lowest BCUT2D eigenvalue weighted by Crippen LogP contribution is -2.42. The van der Waals surface area contributed by atoms with Gasteiger partial charge >= 0.3 is 5.97 Å². The van der Waals surface area contributed by atoms with E-state index in [1.54, 1.807) is 6.92 Å². The van der Waals surface area contributed by atoms with E-state index in [4.69, 9.17) is 0 Å². The Hall–Kier alpha value is -2.61. The number of carbonyl (C=O) groups is 1. The van der Waals surface area contributed by atoms with Crippen LogP contribution >= 0.6 is 0 Å². The quantitative estimate of drug-likeness (QED) is 0.786. The van der Waals surface area contributed by atoms with E-state index in [1.807, 2.05) is 13.0 Å². The van der Waals surface area contributed by atoms with Gasteiger partial charge in [-0.3, -0.25) is 4.31 Å². The number of methoxy groups -OCH3 is 1. The summed E-state index contributed by atoms with van der Waals surface area (Å²) in [5.41, 5.74) is 1.23. The number of carbonyl (C=O) groups excluding carboxylic acids is 1.